The highest BCUT2D eigenvalue weighted by molar-refractivity contribution is 7.19. The Kier molecular flexibility index (Phi) is 6.77. The predicted molar refractivity (Wildman–Crippen MR) is 132 cm³/mol. The zero-order valence-corrected chi connectivity index (χ0v) is 20.4. The topological polar surface area (TPSA) is 35.5 Å². The van der Waals surface area contributed by atoms with Crippen molar-refractivity contribution in [3.8, 4) is 0 Å². The first-order valence-corrected chi connectivity index (χ1v) is 13.5. The predicted octanol–water partition coefficient (Wildman–Crippen LogP) is 4.69. The average Bonchev–Trinajstić information content (AvgIpc) is 2.99. The van der Waals surface area contributed by atoms with Gasteiger partial charge in [0, 0.05) is 50.1 Å². The van der Waals surface area contributed by atoms with Crippen LogP contribution in [0, 0.1) is 0 Å². The van der Waals surface area contributed by atoms with Crippen molar-refractivity contribution in [3.05, 3.63) is 16.3 Å². The molecule has 6 heteroatoms. The van der Waals surface area contributed by atoms with E-state index in [2.05, 4.69) is 28.5 Å². The molecule has 2 aromatic rings. The molecule has 0 atom stereocenters. The fourth-order valence-corrected chi connectivity index (χ4v) is 6.73. The van der Waals surface area contributed by atoms with Gasteiger partial charge in [-0.05, 0) is 57.2 Å². The van der Waals surface area contributed by atoms with Gasteiger partial charge in [-0.15, -0.1) is 11.3 Å². The maximum Gasteiger partial charge on any atom is 0.141 e. The van der Waals surface area contributed by atoms with E-state index >= 15 is 0 Å². The van der Waals surface area contributed by atoms with Gasteiger partial charge in [-0.1, -0.05) is 26.7 Å². The van der Waals surface area contributed by atoms with Crippen LogP contribution in [-0.2, 0) is 12.8 Å². The van der Waals surface area contributed by atoms with Gasteiger partial charge in [0.05, 0.1) is 5.39 Å². The maximum absolute atomic E-state index is 5.17. The summed E-state index contributed by atoms with van der Waals surface area (Å²) < 4.78 is 0. The van der Waals surface area contributed by atoms with Crippen molar-refractivity contribution in [2.24, 2.45) is 0 Å². The zero-order valence-electron chi connectivity index (χ0n) is 19.5. The van der Waals surface area contributed by atoms with Crippen LogP contribution in [0.3, 0.4) is 0 Å². The Morgan fingerprint density at radius 1 is 0.774 bits per heavy atom. The number of aromatic nitrogens is 2. The molecular formula is C25H39N5S. The lowest BCUT2D eigenvalue weighted by Gasteiger charge is -2.37. The minimum Gasteiger partial charge on any atom is -0.353 e. The van der Waals surface area contributed by atoms with Crippen LogP contribution in [0.2, 0.25) is 0 Å². The summed E-state index contributed by atoms with van der Waals surface area (Å²) in [4.78, 5) is 20.9. The maximum atomic E-state index is 5.17. The van der Waals surface area contributed by atoms with Crippen molar-refractivity contribution in [1.29, 1.82) is 0 Å². The quantitative estimate of drug-likeness (QED) is 0.629. The van der Waals surface area contributed by atoms with Crippen LogP contribution in [0.5, 0.6) is 0 Å². The number of rotatable bonds is 5. The number of likely N-dealkylation sites (tertiary alicyclic amines) is 1. The molecule has 2 aromatic heterocycles. The van der Waals surface area contributed by atoms with Crippen LogP contribution in [0.1, 0.15) is 74.6 Å². The Labute approximate surface area is 191 Å². The summed E-state index contributed by atoms with van der Waals surface area (Å²) in [6, 6.07) is 0. The first-order chi connectivity index (χ1) is 15.2. The smallest absolute Gasteiger partial charge is 0.141 e. The van der Waals surface area contributed by atoms with Crippen molar-refractivity contribution >= 4 is 27.4 Å². The Balaban J connectivity index is 1.34. The summed E-state index contributed by atoms with van der Waals surface area (Å²) in [6.07, 6.45) is 10.6. The molecule has 2 saturated heterocycles. The molecule has 5 nitrogen and oxygen atoms in total. The Hall–Kier alpha value is -1.24. The van der Waals surface area contributed by atoms with Gasteiger partial charge in [0.15, 0.2) is 0 Å². The lowest BCUT2D eigenvalue weighted by Crippen LogP contribution is -2.49. The molecule has 0 amide bonds. The minimum atomic E-state index is 0.371. The number of aryl methyl sites for hydroxylation is 2. The van der Waals surface area contributed by atoms with Gasteiger partial charge in [-0.3, -0.25) is 4.90 Å². The number of nitrogens with zero attached hydrogens (tertiary/aromatic N) is 5. The van der Waals surface area contributed by atoms with Gasteiger partial charge < -0.3 is 9.80 Å². The first kappa shape index (κ1) is 21.6. The van der Waals surface area contributed by atoms with Gasteiger partial charge >= 0.3 is 0 Å². The lowest BCUT2D eigenvalue weighted by atomic mass is 10.1. The number of piperazine rings is 1. The Bertz CT molecular complexity index is 878. The third kappa shape index (κ3) is 4.76. The van der Waals surface area contributed by atoms with E-state index in [9.17, 15) is 0 Å². The molecule has 0 unspecified atom stereocenters. The number of anilines is 1. The Morgan fingerprint density at radius 2 is 1.45 bits per heavy atom. The normalized spacial score (nSPS) is 21.6. The monoisotopic (exact) mass is 441 g/mol. The highest BCUT2D eigenvalue weighted by Crippen LogP contribution is 2.40. The molecule has 170 valence electrons. The molecule has 0 saturated carbocycles. The van der Waals surface area contributed by atoms with E-state index < -0.39 is 0 Å². The minimum absolute atomic E-state index is 0.371. The third-order valence-corrected chi connectivity index (χ3v) is 8.62. The summed E-state index contributed by atoms with van der Waals surface area (Å²) in [5.74, 6) is 2.63. The van der Waals surface area contributed by atoms with E-state index in [0.717, 1.165) is 32.0 Å². The second kappa shape index (κ2) is 9.72. The van der Waals surface area contributed by atoms with E-state index in [4.69, 9.17) is 9.97 Å². The molecule has 5 rings (SSSR count). The molecular weight excluding hydrogens is 402 g/mol. The van der Waals surface area contributed by atoms with Crippen molar-refractivity contribution in [3.63, 3.8) is 0 Å². The highest BCUT2D eigenvalue weighted by Gasteiger charge is 2.26. The molecule has 0 aromatic carbocycles. The van der Waals surface area contributed by atoms with Crippen molar-refractivity contribution in [1.82, 2.24) is 19.8 Å². The van der Waals surface area contributed by atoms with E-state index in [-0.39, 0.29) is 0 Å². The number of thiophene rings is 1. The van der Waals surface area contributed by atoms with E-state index in [1.54, 1.807) is 10.4 Å². The molecule has 0 bridgehead atoms. The van der Waals surface area contributed by atoms with Crippen LogP contribution >= 0.6 is 11.3 Å². The summed E-state index contributed by atoms with van der Waals surface area (Å²) in [7, 11) is 0. The molecule has 2 fully saturated rings. The molecule has 0 spiro atoms. The van der Waals surface area contributed by atoms with Crippen molar-refractivity contribution in [2.45, 2.75) is 71.1 Å². The van der Waals surface area contributed by atoms with Gasteiger partial charge in [-0.2, -0.15) is 0 Å². The Morgan fingerprint density at radius 3 is 2.19 bits per heavy atom. The summed E-state index contributed by atoms with van der Waals surface area (Å²) in [5, 5.41) is 1.40. The molecule has 1 aliphatic carbocycles. The van der Waals surface area contributed by atoms with E-state index in [1.165, 1.54) is 93.6 Å². The van der Waals surface area contributed by atoms with Crippen LogP contribution in [0.25, 0.3) is 10.2 Å². The van der Waals surface area contributed by atoms with Crippen LogP contribution in [0.15, 0.2) is 0 Å². The van der Waals surface area contributed by atoms with Crippen molar-refractivity contribution < 1.29 is 0 Å². The summed E-state index contributed by atoms with van der Waals surface area (Å²) in [6.45, 7) is 14.0. The summed E-state index contributed by atoms with van der Waals surface area (Å²) >= 11 is 1.95. The van der Waals surface area contributed by atoms with Gasteiger partial charge in [0.25, 0.3) is 0 Å². The molecule has 4 heterocycles. The fourth-order valence-electron chi connectivity index (χ4n) is 5.47. The SMILES string of the molecule is CC(C)c1nc(N2CCN(CCN3CCCCC3)CC2)c2c3c(sc2n1)CCCCC3. The number of fused-ring (bicyclic) bond motifs is 3. The van der Waals surface area contributed by atoms with E-state index in [1.807, 2.05) is 11.3 Å². The average molecular weight is 442 g/mol. The highest BCUT2D eigenvalue weighted by atomic mass is 32.1. The summed E-state index contributed by atoms with van der Waals surface area (Å²) in [5.41, 5.74) is 1.58. The molecule has 0 N–H and O–H groups in total. The van der Waals surface area contributed by atoms with Crippen LogP contribution in [-0.4, -0.2) is 72.1 Å². The largest absolute Gasteiger partial charge is 0.353 e. The van der Waals surface area contributed by atoms with Gasteiger partial charge in [-0.25, -0.2) is 9.97 Å². The lowest BCUT2D eigenvalue weighted by molar-refractivity contribution is 0.176. The number of hydrogen-bond donors (Lipinski definition) is 0. The second-order valence-corrected chi connectivity index (χ2v) is 11.1. The third-order valence-electron chi connectivity index (χ3n) is 7.43. The number of hydrogen-bond acceptors (Lipinski definition) is 6. The van der Waals surface area contributed by atoms with Crippen LogP contribution in [0.4, 0.5) is 5.82 Å². The molecule has 2 aliphatic heterocycles. The fraction of sp³-hybridized carbons (Fsp3) is 0.760. The second-order valence-electron chi connectivity index (χ2n) is 10.0. The molecule has 3 aliphatic rings. The van der Waals surface area contributed by atoms with Crippen molar-refractivity contribution in [2.75, 3.05) is 57.3 Å². The zero-order chi connectivity index (χ0) is 21.2. The van der Waals surface area contributed by atoms with Gasteiger partial charge in [0.1, 0.15) is 16.5 Å². The standard InChI is InChI=1S/C25H39N5S/c1-19(2)23-26-24(22-20-9-5-3-6-10-21(20)31-25(22)27-23)30-17-15-29(16-18-30)14-13-28-11-7-4-8-12-28/h19H,3-18H2,1-2H3. The van der Waals surface area contributed by atoms with E-state index in [0.29, 0.717) is 5.92 Å². The molecule has 31 heavy (non-hydrogen) atoms. The van der Waals surface area contributed by atoms with Crippen LogP contribution < -0.4 is 4.90 Å². The first-order valence-electron chi connectivity index (χ1n) is 12.7. The molecule has 0 radical (unpaired) electrons. The number of piperidine rings is 1. The van der Waals surface area contributed by atoms with Gasteiger partial charge in [0.2, 0.25) is 0 Å².